The quantitative estimate of drug-likeness (QED) is 0.548. The van der Waals surface area contributed by atoms with E-state index in [0.717, 1.165) is 44.9 Å². The number of aliphatic carboxylic acids is 1. The highest BCUT2D eigenvalue weighted by atomic mass is 16.4. The van der Waals surface area contributed by atoms with Gasteiger partial charge in [0.05, 0.1) is 24.8 Å². The molecule has 1 heterocycles. The number of likely N-dealkylation sites (tertiary alicyclic amines) is 1. The maximum absolute atomic E-state index is 12.4. The minimum Gasteiger partial charge on any atom is -0.480 e. The number of aliphatic hydroxyl groups is 1. The number of nitrogens with one attached hydrogen (secondary N) is 1. The van der Waals surface area contributed by atoms with Crippen molar-refractivity contribution < 1.29 is 19.8 Å². The van der Waals surface area contributed by atoms with Crippen LogP contribution in [0.3, 0.4) is 0 Å². The highest BCUT2D eigenvalue weighted by molar-refractivity contribution is 5.79. The molecule has 1 saturated heterocycles. The molecule has 5 rings (SSSR count). The van der Waals surface area contributed by atoms with Gasteiger partial charge in [-0.3, -0.25) is 9.59 Å². The molecule has 1 amide bonds. The highest BCUT2D eigenvalue weighted by Gasteiger charge is 2.57. The molecule has 1 aliphatic heterocycles. The van der Waals surface area contributed by atoms with Gasteiger partial charge in [0.1, 0.15) is 6.04 Å². The summed E-state index contributed by atoms with van der Waals surface area (Å²) < 4.78 is 0. The van der Waals surface area contributed by atoms with Crippen molar-refractivity contribution in [2.24, 2.45) is 17.6 Å². The Hall–Kier alpha value is -1.69. The molecule has 0 radical (unpaired) electrons. The molecule has 2 unspecified atom stereocenters. The van der Waals surface area contributed by atoms with Gasteiger partial charge in [-0.2, -0.15) is 5.26 Å². The Balaban J connectivity index is 0.000000376. The Morgan fingerprint density at radius 1 is 1.26 bits per heavy atom. The fraction of sp³-hybridized carbons (Fsp3) is 0.842. The smallest absolute Gasteiger partial charge is 0.317 e. The predicted octanol–water partition coefficient (Wildman–Crippen LogP) is 0.204. The van der Waals surface area contributed by atoms with Gasteiger partial charge in [0, 0.05) is 12.1 Å². The van der Waals surface area contributed by atoms with Gasteiger partial charge in [-0.1, -0.05) is 0 Å². The fourth-order valence-corrected chi connectivity index (χ4v) is 5.99. The number of carboxylic acids is 1. The third kappa shape index (κ3) is 4.42. The van der Waals surface area contributed by atoms with Gasteiger partial charge >= 0.3 is 5.97 Å². The maximum Gasteiger partial charge on any atom is 0.317 e. The van der Waals surface area contributed by atoms with Crippen LogP contribution in [0.15, 0.2) is 0 Å². The number of carboxylic acid groups (broad SMARTS) is 1. The van der Waals surface area contributed by atoms with E-state index in [1.807, 2.05) is 0 Å². The molecule has 0 aromatic heterocycles. The van der Waals surface area contributed by atoms with Gasteiger partial charge in [0.25, 0.3) is 0 Å². The molecule has 4 saturated carbocycles. The predicted molar refractivity (Wildman–Crippen MR) is 97.4 cm³/mol. The minimum atomic E-state index is -0.968. The van der Waals surface area contributed by atoms with Crippen LogP contribution in [0.4, 0.5) is 0 Å². The van der Waals surface area contributed by atoms with Crippen LogP contribution >= 0.6 is 0 Å². The summed E-state index contributed by atoms with van der Waals surface area (Å²) in [5.41, 5.74) is 4.03. The maximum atomic E-state index is 12.4. The summed E-state index contributed by atoms with van der Waals surface area (Å²) in [6, 6.07) is 1.99. The van der Waals surface area contributed by atoms with Gasteiger partial charge in [0.15, 0.2) is 0 Å². The van der Waals surface area contributed by atoms with E-state index in [1.165, 1.54) is 6.42 Å². The van der Waals surface area contributed by atoms with E-state index in [2.05, 4.69) is 17.1 Å². The number of rotatable bonds is 4. The topological polar surface area (TPSA) is 140 Å². The lowest BCUT2D eigenvalue weighted by Gasteiger charge is -2.60. The van der Waals surface area contributed by atoms with E-state index in [4.69, 9.17) is 10.4 Å². The van der Waals surface area contributed by atoms with Crippen molar-refractivity contribution in [2.75, 3.05) is 19.6 Å². The van der Waals surface area contributed by atoms with Crippen molar-refractivity contribution >= 4 is 11.9 Å². The third-order valence-corrected chi connectivity index (χ3v) is 6.54. The summed E-state index contributed by atoms with van der Waals surface area (Å²) >= 11 is 0. The van der Waals surface area contributed by atoms with Gasteiger partial charge in [0.2, 0.25) is 5.91 Å². The molecule has 8 nitrogen and oxygen atoms in total. The Morgan fingerprint density at radius 3 is 2.41 bits per heavy atom. The monoisotopic (exact) mass is 378 g/mol. The van der Waals surface area contributed by atoms with Crippen LogP contribution in [0.2, 0.25) is 0 Å². The lowest BCUT2D eigenvalue weighted by Crippen LogP contribution is -2.65. The SMILES string of the molecule is N#C[C@@H]1CCCN1C(=O)CNC12CC3CC(CC(O)(C3)C1)C2.NCC(=O)O. The molecule has 0 aromatic carbocycles. The Bertz CT molecular complexity index is 618. The summed E-state index contributed by atoms with van der Waals surface area (Å²) in [7, 11) is 0. The van der Waals surface area contributed by atoms with Crippen molar-refractivity contribution in [3.63, 3.8) is 0 Å². The van der Waals surface area contributed by atoms with Crippen LogP contribution in [0.25, 0.3) is 0 Å². The number of carbonyl (C=O) groups excluding carboxylic acids is 1. The van der Waals surface area contributed by atoms with Crippen molar-refractivity contribution in [3.05, 3.63) is 0 Å². The number of hydrogen-bond acceptors (Lipinski definition) is 6. The van der Waals surface area contributed by atoms with Crippen molar-refractivity contribution in [3.8, 4) is 6.07 Å². The number of amides is 1. The molecule has 5 N–H and O–H groups in total. The molecular formula is C19H30N4O4. The first-order valence-electron chi connectivity index (χ1n) is 9.86. The average molecular weight is 378 g/mol. The van der Waals surface area contributed by atoms with Crippen molar-refractivity contribution in [1.82, 2.24) is 10.2 Å². The Morgan fingerprint density at radius 2 is 1.89 bits per heavy atom. The largest absolute Gasteiger partial charge is 0.480 e. The summed E-state index contributed by atoms with van der Waals surface area (Å²) in [5, 5.41) is 31.0. The second-order valence-electron chi connectivity index (χ2n) is 8.79. The molecular weight excluding hydrogens is 348 g/mol. The first-order valence-corrected chi connectivity index (χ1v) is 9.86. The third-order valence-electron chi connectivity index (χ3n) is 6.54. The summed E-state index contributed by atoms with van der Waals surface area (Å²) in [5.74, 6) is 0.316. The van der Waals surface area contributed by atoms with Crippen molar-refractivity contribution in [2.45, 2.75) is 68.5 Å². The zero-order chi connectivity index (χ0) is 19.7. The van der Waals surface area contributed by atoms with Crippen LogP contribution in [0.1, 0.15) is 51.4 Å². The van der Waals surface area contributed by atoms with Crippen LogP contribution in [-0.2, 0) is 9.59 Å². The molecule has 150 valence electrons. The summed E-state index contributed by atoms with van der Waals surface area (Å²) in [6.45, 7) is 0.745. The van der Waals surface area contributed by atoms with E-state index in [9.17, 15) is 14.7 Å². The number of carbonyl (C=O) groups is 2. The first kappa shape index (κ1) is 20.1. The standard InChI is InChI=1S/C17H25N3O2.C2H5NO2/c18-9-14-2-1-3-20(14)15(21)10-19-16-5-12-4-13(6-16)8-17(22,7-12)11-16;3-1-2(4)5/h12-14,19,22H,1-8,10-11H2;1,3H2,(H,4,5)/t12?,13?,14-,16?,17?;/m0./s1. The molecule has 8 heteroatoms. The lowest BCUT2D eigenvalue weighted by atomic mass is 9.51. The van der Waals surface area contributed by atoms with E-state index >= 15 is 0 Å². The molecule has 0 spiro atoms. The van der Waals surface area contributed by atoms with E-state index in [0.29, 0.717) is 24.9 Å². The molecule has 0 aromatic rings. The van der Waals surface area contributed by atoms with Crippen LogP contribution in [0, 0.1) is 23.2 Å². The molecule has 27 heavy (non-hydrogen) atoms. The van der Waals surface area contributed by atoms with E-state index < -0.39 is 11.6 Å². The number of nitrogens with zero attached hydrogens (tertiary/aromatic N) is 2. The minimum absolute atomic E-state index is 0.0453. The second-order valence-corrected chi connectivity index (χ2v) is 8.79. The molecule has 5 fully saturated rings. The van der Waals surface area contributed by atoms with E-state index in [-0.39, 0.29) is 24.0 Å². The van der Waals surface area contributed by atoms with Gasteiger partial charge in [-0.25, -0.2) is 0 Å². The van der Waals surface area contributed by atoms with Gasteiger partial charge in [-0.15, -0.1) is 0 Å². The summed E-state index contributed by atoms with van der Waals surface area (Å²) in [4.78, 5) is 23.4. The van der Waals surface area contributed by atoms with Crippen molar-refractivity contribution in [1.29, 1.82) is 5.26 Å². The second kappa shape index (κ2) is 7.74. The highest BCUT2D eigenvalue weighted by Crippen LogP contribution is 2.57. The van der Waals surface area contributed by atoms with Crippen LogP contribution < -0.4 is 11.1 Å². The fourth-order valence-electron chi connectivity index (χ4n) is 5.99. The lowest BCUT2D eigenvalue weighted by molar-refractivity contribution is -0.147. The molecule has 3 atom stereocenters. The van der Waals surface area contributed by atoms with E-state index in [1.54, 1.807) is 4.90 Å². The first-order chi connectivity index (χ1) is 12.8. The van der Waals surface area contributed by atoms with Gasteiger partial charge < -0.3 is 26.2 Å². The number of nitrogens with two attached hydrogens (primary N) is 1. The Kier molecular flexibility index (Phi) is 5.75. The Labute approximate surface area is 159 Å². The number of hydrogen-bond donors (Lipinski definition) is 4. The average Bonchev–Trinajstić information content (AvgIpc) is 3.07. The molecule has 4 aliphatic carbocycles. The normalized spacial score (nSPS) is 38.9. The molecule has 5 aliphatic rings. The number of nitriles is 1. The summed E-state index contributed by atoms with van der Waals surface area (Å²) in [6.07, 6.45) is 7.87. The van der Waals surface area contributed by atoms with Crippen LogP contribution in [-0.4, -0.2) is 63.8 Å². The molecule has 4 bridgehead atoms. The zero-order valence-electron chi connectivity index (χ0n) is 15.7. The van der Waals surface area contributed by atoms with Crippen LogP contribution in [0.5, 0.6) is 0 Å². The zero-order valence-corrected chi connectivity index (χ0v) is 15.7. The van der Waals surface area contributed by atoms with Gasteiger partial charge in [-0.05, 0) is 63.2 Å².